The lowest BCUT2D eigenvalue weighted by molar-refractivity contribution is -0.116. The Hall–Kier alpha value is -1.27. The largest absolute Gasteiger partial charge is 0.497 e. The summed E-state index contributed by atoms with van der Waals surface area (Å²) in [7, 11) is -1.51. The Bertz CT molecular complexity index is 585. The molecule has 1 unspecified atom stereocenters. The Balaban J connectivity index is 2.30. The Morgan fingerprint density at radius 1 is 1.40 bits per heavy atom. The number of nitrogens with zero attached hydrogens (tertiary/aromatic N) is 1. The number of hydrogen-bond donors (Lipinski definition) is 0. The molecule has 1 heterocycles. The van der Waals surface area contributed by atoms with Crippen LogP contribution in [0.25, 0.3) is 0 Å². The Morgan fingerprint density at radius 3 is 2.50 bits per heavy atom. The molecule has 7 heteroatoms. The van der Waals surface area contributed by atoms with Gasteiger partial charge in [0.2, 0.25) is 5.91 Å². The van der Waals surface area contributed by atoms with Crippen molar-refractivity contribution in [1.29, 1.82) is 0 Å². The van der Waals surface area contributed by atoms with Crippen LogP contribution in [0.4, 0.5) is 5.69 Å². The van der Waals surface area contributed by atoms with Gasteiger partial charge in [0.1, 0.15) is 11.6 Å². The molecule has 0 bridgehead atoms. The summed E-state index contributed by atoms with van der Waals surface area (Å²) in [5, 5.41) is 0. The fraction of sp³-hybridized carbons (Fsp3) is 0.462. The lowest BCUT2D eigenvalue weighted by Gasteiger charge is -2.27. The summed E-state index contributed by atoms with van der Waals surface area (Å²) in [5.74, 6) is 0.300. The SMILES string of the molecule is COc1ccc(N(C(=O)CCl)C2CCS(=O)(=O)C2)cc1. The molecular weight excluding hydrogens is 302 g/mol. The van der Waals surface area contributed by atoms with Crippen LogP contribution in [0, 0.1) is 0 Å². The lowest BCUT2D eigenvalue weighted by Crippen LogP contribution is -2.42. The van der Waals surface area contributed by atoms with Crippen LogP contribution in [0.2, 0.25) is 0 Å². The summed E-state index contributed by atoms with van der Waals surface area (Å²) in [6, 6.07) is 6.57. The zero-order valence-electron chi connectivity index (χ0n) is 11.1. The number of alkyl halides is 1. The normalized spacial score (nSPS) is 20.6. The van der Waals surface area contributed by atoms with Gasteiger partial charge in [-0.15, -0.1) is 11.6 Å². The minimum absolute atomic E-state index is 0.0122. The fourth-order valence-electron chi connectivity index (χ4n) is 2.34. The van der Waals surface area contributed by atoms with E-state index in [1.54, 1.807) is 31.4 Å². The summed E-state index contributed by atoms with van der Waals surface area (Å²) >= 11 is 5.64. The van der Waals surface area contributed by atoms with Crippen LogP contribution in [0.15, 0.2) is 24.3 Å². The van der Waals surface area contributed by atoms with Gasteiger partial charge in [-0.3, -0.25) is 4.79 Å². The molecule has 1 atom stereocenters. The molecular formula is C13H16ClNO4S. The number of amides is 1. The maximum absolute atomic E-state index is 12.0. The summed E-state index contributed by atoms with van der Waals surface area (Å²) in [6.45, 7) is 0. The maximum atomic E-state index is 12.0. The van der Waals surface area contributed by atoms with Gasteiger partial charge in [-0.2, -0.15) is 0 Å². The molecule has 1 aliphatic rings. The van der Waals surface area contributed by atoms with Crippen molar-refractivity contribution in [3.63, 3.8) is 0 Å². The van der Waals surface area contributed by atoms with Crippen LogP contribution in [0.5, 0.6) is 5.75 Å². The predicted octanol–water partition coefficient (Wildman–Crippen LogP) is 1.45. The highest BCUT2D eigenvalue weighted by atomic mass is 35.5. The van der Waals surface area contributed by atoms with Crippen molar-refractivity contribution in [3.05, 3.63) is 24.3 Å². The molecule has 5 nitrogen and oxygen atoms in total. The highest BCUT2D eigenvalue weighted by Gasteiger charge is 2.35. The number of methoxy groups -OCH3 is 1. The molecule has 0 aliphatic carbocycles. The fourth-order valence-corrected chi connectivity index (χ4v) is 4.17. The van der Waals surface area contributed by atoms with Gasteiger partial charge >= 0.3 is 0 Å². The average Bonchev–Trinajstić information content (AvgIpc) is 2.79. The van der Waals surface area contributed by atoms with Crippen LogP contribution in [0.1, 0.15) is 6.42 Å². The molecule has 1 amide bonds. The molecule has 2 rings (SSSR count). The second-order valence-electron chi connectivity index (χ2n) is 4.65. The van der Waals surface area contributed by atoms with Crippen molar-refractivity contribution in [1.82, 2.24) is 0 Å². The van der Waals surface area contributed by atoms with Gasteiger partial charge in [0.05, 0.1) is 24.7 Å². The number of carbonyl (C=O) groups is 1. The van der Waals surface area contributed by atoms with Crippen LogP contribution in [0.3, 0.4) is 0 Å². The van der Waals surface area contributed by atoms with Crippen LogP contribution < -0.4 is 9.64 Å². The first-order chi connectivity index (χ1) is 9.46. The summed E-state index contributed by atoms with van der Waals surface area (Å²) < 4.78 is 28.3. The number of carbonyl (C=O) groups excluding carboxylic acids is 1. The van der Waals surface area contributed by atoms with E-state index in [0.29, 0.717) is 17.9 Å². The van der Waals surface area contributed by atoms with E-state index in [-0.39, 0.29) is 29.3 Å². The van der Waals surface area contributed by atoms with E-state index >= 15 is 0 Å². The molecule has 1 aromatic rings. The van der Waals surface area contributed by atoms with E-state index in [0.717, 1.165) is 0 Å². The number of rotatable bonds is 4. The third-order valence-electron chi connectivity index (χ3n) is 3.31. The Labute approximate surface area is 123 Å². The second kappa shape index (κ2) is 6.01. The van der Waals surface area contributed by atoms with Gasteiger partial charge in [-0.1, -0.05) is 0 Å². The van der Waals surface area contributed by atoms with Crippen molar-refractivity contribution >= 4 is 33.0 Å². The van der Waals surface area contributed by atoms with Gasteiger partial charge in [0, 0.05) is 5.69 Å². The van der Waals surface area contributed by atoms with Crippen LogP contribution in [-0.4, -0.2) is 44.9 Å². The first kappa shape index (κ1) is 15.1. The van der Waals surface area contributed by atoms with Gasteiger partial charge in [0.15, 0.2) is 9.84 Å². The molecule has 0 N–H and O–H groups in total. The molecule has 20 heavy (non-hydrogen) atoms. The first-order valence-corrected chi connectivity index (χ1v) is 8.55. The van der Waals surface area contributed by atoms with Gasteiger partial charge in [0.25, 0.3) is 0 Å². The lowest BCUT2D eigenvalue weighted by atomic mass is 10.2. The van der Waals surface area contributed by atoms with Crippen molar-refractivity contribution in [2.75, 3.05) is 29.4 Å². The zero-order chi connectivity index (χ0) is 14.8. The van der Waals surface area contributed by atoms with Crippen molar-refractivity contribution < 1.29 is 17.9 Å². The van der Waals surface area contributed by atoms with E-state index in [4.69, 9.17) is 16.3 Å². The number of anilines is 1. The highest BCUT2D eigenvalue weighted by Crippen LogP contribution is 2.26. The monoisotopic (exact) mass is 317 g/mol. The smallest absolute Gasteiger partial charge is 0.242 e. The quantitative estimate of drug-likeness (QED) is 0.789. The van der Waals surface area contributed by atoms with Gasteiger partial charge < -0.3 is 9.64 Å². The van der Waals surface area contributed by atoms with Gasteiger partial charge in [-0.05, 0) is 30.7 Å². The average molecular weight is 318 g/mol. The molecule has 110 valence electrons. The summed E-state index contributed by atoms with van der Waals surface area (Å²) in [6.07, 6.45) is 0.441. The molecule has 0 aromatic heterocycles. The molecule has 0 radical (unpaired) electrons. The van der Waals surface area contributed by atoms with E-state index < -0.39 is 9.84 Å². The molecule has 1 aromatic carbocycles. The third-order valence-corrected chi connectivity index (χ3v) is 5.29. The van der Waals surface area contributed by atoms with Gasteiger partial charge in [-0.25, -0.2) is 8.42 Å². The standard InChI is InChI=1S/C13H16ClNO4S/c1-19-12-4-2-10(3-5-12)15(13(16)8-14)11-6-7-20(17,18)9-11/h2-5,11H,6-9H2,1H3. The van der Waals surface area contributed by atoms with E-state index in [1.807, 2.05) is 0 Å². The number of ether oxygens (including phenoxy) is 1. The molecule has 1 fully saturated rings. The van der Waals surface area contributed by atoms with Crippen LogP contribution in [-0.2, 0) is 14.6 Å². The van der Waals surface area contributed by atoms with Crippen LogP contribution >= 0.6 is 11.6 Å². The first-order valence-electron chi connectivity index (χ1n) is 6.19. The zero-order valence-corrected chi connectivity index (χ0v) is 12.7. The summed E-state index contributed by atoms with van der Waals surface area (Å²) in [5.41, 5.74) is 0.638. The minimum Gasteiger partial charge on any atom is -0.497 e. The van der Waals surface area contributed by atoms with E-state index in [2.05, 4.69) is 0 Å². The van der Waals surface area contributed by atoms with E-state index in [1.165, 1.54) is 4.90 Å². The molecule has 0 saturated carbocycles. The number of sulfone groups is 1. The highest BCUT2D eigenvalue weighted by molar-refractivity contribution is 7.91. The molecule has 0 spiro atoms. The third kappa shape index (κ3) is 3.24. The maximum Gasteiger partial charge on any atom is 0.242 e. The van der Waals surface area contributed by atoms with Crippen molar-refractivity contribution in [2.24, 2.45) is 0 Å². The number of hydrogen-bond acceptors (Lipinski definition) is 4. The summed E-state index contributed by atoms with van der Waals surface area (Å²) in [4.78, 5) is 13.5. The number of halogens is 1. The molecule has 1 saturated heterocycles. The minimum atomic E-state index is -3.06. The Morgan fingerprint density at radius 2 is 2.05 bits per heavy atom. The van der Waals surface area contributed by atoms with E-state index in [9.17, 15) is 13.2 Å². The van der Waals surface area contributed by atoms with Crippen molar-refractivity contribution in [3.8, 4) is 5.75 Å². The molecule has 1 aliphatic heterocycles. The van der Waals surface area contributed by atoms with Crippen molar-refractivity contribution in [2.45, 2.75) is 12.5 Å². The predicted molar refractivity (Wildman–Crippen MR) is 78.3 cm³/mol. The second-order valence-corrected chi connectivity index (χ2v) is 7.15. The number of benzene rings is 1. The Kier molecular flexibility index (Phi) is 4.55. The topological polar surface area (TPSA) is 63.7 Å².